The van der Waals surface area contributed by atoms with Crippen LogP contribution in [0.5, 0.6) is 17.2 Å². The predicted octanol–water partition coefficient (Wildman–Crippen LogP) is 6.70. The summed E-state index contributed by atoms with van der Waals surface area (Å²) in [6.07, 6.45) is 1.77. The van der Waals surface area contributed by atoms with Crippen molar-refractivity contribution < 1.29 is 23.7 Å². The summed E-state index contributed by atoms with van der Waals surface area (Å²) in [6.45, 7) is 7.42. The van der Waals surface area contributed by atoms with Crippen LogP contribution in [0.3, 0.4) is 0 Å². The van der Waals surface area contributed by atoms with Crippen LogP contribution >= 0.6 is 11.6 Å². The number of allylic oxidation sites excluding steroid dienone is 1. The first-order valence-corrected chi connectivity index (χ1v) is 11.5. The van der Waals surface area contributed by atoms with E-state index >= 15 is 0 Å². The van der Waals surface area contributed by atoms with Crippen LogP contribution in [-0.2, 0) is 23.4 Å². The molecule has 0 aliphatic carbocycles. The maximum Gasteiger partial charge on any atom is 0.231 e. The topological polar surface area (TPSA) is 54.0 Å². The summed E-state index contributed by atoms with van der Waals surface area (Å²) in [5.74, 6) is 1.97. The molecular weight excluding hydrogens is 452 g/mol. The molecule has 5 nitrogen and oxygen atoms in total. The Morgan fingerprint density at radius 3 is 2.62 bits per heavy atom. The number of Topliss-reactive ketones (excluding diaryl/α,β-unsaturated/α-hetero) is 1. The van der Waals surface area contributed by atoms with Crippen molar-refractivity contribution in [1.82, 2.24) is 0 Å². The van der Waals surface area contributed by atoms with E-state index in [-0.39, 0.29) is 24.6 Å². The van der Waals surface area contributed by atoms with Gasteiger partial charge in [-0.05, 0) is 46.9 Å². The molecule has 3 aromatic rings. The second kappa shape index (κ2) is 8.82. The summed E-state index contributed by atoms with van der Waals surface area (Å²) in [6, 6.07) is 17.0. The molecule has 0 unspecified atom stereocenters. The highest BCUT2D eigenvalue weighted by atomic mass is 35.5. The van der Waals surface area contributed by atoms with Gasteiger partial charge in [-0.15, -0.1) is 0 Å². The zero-order valence-corrected chi connectivity index (χ0v) is 20.1. The van der Waals surface area contributed by atoms with Crippen LogP contribution in [0.25, 0.3) is 6.08 Å². The van der Waals surface area contributed by atoms with E-state index in [4.69, 9.17) is 30.5 Å². The van der Waals surface area contributed by atoms with Crippen LogP contribution < -0.4 is 14.2 Å². The number of halogens is 1. The molecule has 0 atom stereocenters. The van der Waals surface area contributed by atoms with Crippen LogP contribution in [-0.4, -0.2) is 12.6 Å². The quantitative estimate of drug-likeness (QED) is 0.392. The summed E-state index contributed by atoms with van der Waals surface area (Å²) in [4.78, 5) is 12.8. The van der Waals surface area contributed by atoms with Crippen molar-refractivity contribution in [2.45, 2.75) is 39.4 Å². The van der Waals surface area contributed by atoms with Gasteiger partial charge in [0.2, 0.25) is 5.78 Å². The number of carbonyl (C=O) groups excluding carboxylic acids is 1. The standard InChI is InChI=1S/C28H25ClO5/c1-28(2,3)20-6-4-17(5-7-20)10-25-26(30)23-9-8-22(13-24(23)34-25)32-15-19-12-21(29)11-18-14-31-16-33-27(18)19/h4-13H,14-16H2,1-3H3/b25-10-. The molecule has 2 aliphatic rings. The van der Waals surface area contributed by atoms with E-state index in [9.17, 15) is 4.79 Å². The predicted molar refractivity (Wildman–Crippen MR) is 131 cm³/mol. The maximum atomic E-state index is 12.8. The van der Waals surface area contributed by atoms with Crippen molar-refractivity contribution in [2.24, 2.45) is 0 Å². The van der Waals surface area contributed by atoms with Gasteiger partial charge in [0.25, 0.3) is 0 Å². The van der Waals surface area contributed by atoms with Gasteiger partial charge < -0.3 is 18.9 Å². The van der Waals surface area contributed by atoms with Gasteiger partial charge in [-0.2, -0.15) is 0 Å². The molecule has 0 saturated heterocycles. The zero-order valence-electron chi connectivity index (χ0n) is 19.3. The molecule has 2 heterocycles. The van der Waals surface area contributed by atoms with Crippen molar-refractivity contribution in [3.05, 3.63) is 93.2 Å². The van der Waals surface area contributed by atoms with E-state index in [0.29, 0.717) is 34.5 Å². The Labute approximate surface area is 203 Å². The molecule has 0 fully saturated rings. The summed E-state index contributed by atoms with van der Waals surface area (Å²) in [7, 11) is 0. The number of ketones is 1. The van der Waals surface area contributed by atoms with E-state index < -0.39 is 0 Å². The molecule has 2 aliphatic heterocycles. The van der Waals surface area contributed by atoms with Crippen LogP contribution in [0.4, 0.5) is 0 Å². The van der Waals surface area contributed by atoms with Crippen LogP contribution in [0, 0.1) is 0 Å². The Morgan fingerprint density at radius 2 is 1.85 bits per heavy atom. The lowest BCUT2D eigenvalue weighted by Crippen LogP contribution is -2.14. The van der Waals surface area contributed by atoms with Crippen LogP contribution in [0.15, 0.2) is 60.4 Å². The third-order valence-corrected chi connectivity index (χ3v) is 6.08. The second-order valence-corrected chi connectivity index (χ2v) is 9.86. The molecule has 6 heteroatoms. The minimum absolute atomic E-state index is 0.0717. The van der Waals surface area contributed by atoms with Gasteiger partial charge in [-0.1, -0.05) is 56.6 Å². The van der Waals surface area contributed by atoms with Crippen molar-refractivity contribution in [2.75, 3.05) is 6.79 Å². The number of hydrogen-bond donors (Lipinski definition) is 0. The smallest absolute Gasteiger partial charge is 0.231 e. The average molecular weight is 477 g/mol. The van der Waals surface area contributed by atoms with Gasteiger partial charge >= 0.3 is 0 Å². The molecule has 0 bridgehead atoms. The van der Waals surface area contributed by atoms with Gasteiger partial charge in [0.05, 0.1) is 12.2 Å². The Bertz CT molecular complexity index is 1290. The third-order valence-electron chi connectivity index (χ3n) is 5.86. The van der Waals surface area contributed by atoms with E-state index in [2.05, 4.69) is 32.9 Å². The molecule has 5 rings (SSSR count). The lowest BCUT2D eigenvalue weighted by molar-refractivity contribution is -0.0175. The van der Waals surface area contributed by atoms with E-state index in [0.717, 1.165) is 22.4 Å². The Kier molecular flexibility index (Phi) is 5.84. The molecule has 0 radical (unpaired) electrons. The van der Waals surface area contributed by atoms with Crippen molar-refractivity contribution in [3.63, 3.8) is 0 Å². The molecule has 34 heavy (non-hydrogen) atoms. The van der Waals surface area contributed by atoms with Gasteiger partial charge in [0.1, 0.15) is 23.9 Å². The van der Waals surface area contributed by atoms with Gasteiger partial charge in [-0.3, -0.25) is 4.79 Å². The lowest BCUT2D eigenvalue weighted by Gasteiger charge is -2.21. The fourth-order valence-corrected chi connectivity index (χ4v) is 4.28. The van der Waals surface area contributed by atoms with E-state index in [1.807, 2.05) is 24.3 Å². The minimum atomic E-state index is -0.140. The molecule has 0 aromatic heterocycles. The molecule has 174 valence electrons. The number of fused-ring (bicyclic) bond motifs is 2. The number of hydrogen-bond acceptors (Lipinski definition) is 5. The van der Waals surface area contributed by atoms with Crippen molar-refractivity contribution >= 4 is 23.5 Å². The highest BCUT2D eigenvalue weighted by Gasteiger charge is 2.28. The largest absolute Gasteiger partial charge is 0.489 e. The lowest BCUT2D eigenvalue weighted by atomic mass is 9.86. The fourth-order valence-electron chi connectivity index (χ4n) is 4.01. The second-order valence-electron chi connectivity index (χ2n) is 9.42. The SMILES string of the molecule is CC(C)(C)c1ccc(/C=C2\Oc3cc(OCc4cc(Cl)cc5c4OCOC5)ccc3C2=O)cc1. The average Bonchev–Trinajstić information content (AvgIpc) is 3.11. The van der Waals surface area contributed by atoms with Gasteiger partial charge in [-0.25, -0.2) is 0 Å². The third kappa shape index (κ3) is 4.54. The molecule has 0 saturated carbocycles. The molecular formula is C28H25ClO5. The number of carbonyl (C=O) groups is 1. The van der Waals surface area contributed by atoms with Crippen LogP contribution in [0.1, 0.15) is 53.4 Å². The van der Waals surface area contributed by atoms with Crippen LogP contribution in [0.2, 0.25) is 5.02 Å². The Balaban J connectivity index is 1.32. The number of rotatable bonds is 4. The first-order chi connectivity index (χ1) is 16.3. The zero-order chi connectivity index (χ0) is 23.9. The fraction of sp³-hybridized carbons (Fsp3) is 0.250. The highest BCUT2D eigenvalue weighted by molar-refractivity contribution is 6.30. The normalized spacial score (nSPS) is 16.0. The monoisotopic (exact) mass is 476 g/mol. The van der Waals surface area contributed by atoms with Crippen molar-refractivity contribution in [3.8, 4) is 17.2 Å². The highest BCUT2D eigenvalue weighted by Crippen LogP contribution is 2.36. The van der Waals surface area contributed by atoms with Crippen molar-refractivity contribution in [1.29, 1.82) is 0 Å². The molecule has 0 amide bonds. The van der Waals surface area contributed by atoms with Gasteiger partial charge in [0.15, 0.2) is 12.6 Å². The number of ether oxygens (including phenoxy) is 4. The number of benzene rings is 3. The molecule has 3 aromatic carbocycles. The Morgan fingerprint density at radius 1 is 1.06 bits per heavy atom. The minimum Gasteiger partial charge on any atom is -0.489 e. The summed E-state index contributed by atoms with van der Waals surface area (Å²) < 4.78 is 22.8. The van der Waals surface area contributed by atoms with Gasteiger partial charge in [0, 0.05) is 22.2 Å². The summed E-state index contributed by atoms with van der Waals surface area (Å²) >= 11 is 6.24. The maximum absolute atomic E-state index is 12.8. The Hall–Kier alpha value is -3.28. The first-order valence-electron chi connectivity index (χ1n) is 11.1. The summed E-state index contributed by atoms with van der Waals surface area (Å²) in [5.41, 5.74) is 4.47. The summed E-state index contributed by atoms with van der Waals surface area (Å²) in [5, 5.41) is 0.597. The molecule has 0 N–H and O–H groups in total. The van der Waals surface area contributed by atoms with E-state index in [1.165, 1.54) is 5.56 Å². The molecule has 0 spiro atoms. The first kappa shape index (κ1) is 22.5. The van der Waals surface area contributed by atoms with E-state index in [1.54, 1.807) is 24.3 Å².